The van der Waals surface area contributed by atoms with E-state index in [1.165, 1.54) is 5.56 Å². The van der Waals surface area contributed by atoms with E-state index in [1.54, 1.807) is 17.1 Å². The van der Waals surface area contributed by atoms with Crippen LogP contribution in [0.5, 0.6) is 0 Å². The number of benzene rings is 1. The minimum absolute atomic E-state index is 0.0618. The maximum atomic E-state index is 13.2. The van der Waals surface area contributed by atoms with Gasteiger partial charge in [0.2, 0.25) is 11.9 Å². The maximum absolute atomic E-state index is 13.2. The highest BCUT2D eigenvalue weighted by Crippen LogP contribution is 2.49. The third-order valence-electron chi connectivity index (χ3n) is 7.09. The summed E-state index contributed by atoms with van der Waals surface area (Å²) in [6.45, 7) is 8.75. The molecule has 0 bridgehead atoms. The number of anilines is 2. The molecular formula is C27H29N7O2. The Hall–Kier alpha value is -4.01. The fraction of sp³-hybridized carbons (Fsp3) is 0.370. The summed E-state index contributed by atoms with van der Waals surface area (Å²) in [6, 6.07) is 9.97. The number of amides is 1. The van der Waals surface area contributed by atoms with E-state index in [0.717, 1.165) is 35.5 Å². The Morgan fingerprint density at radius 1 is 1.11 bits per heavy atom. The minimum atomic E-state index is -0.172. The van der Waals surface area contributed by atoms with E-state index < -0.39 is 0 Å². The number of hydrogen-bond acceptors (Lipinski definition) is 6. The molecule has 4 heterocycles. The molecule has 0 atom stereocenters. The van der Waals surface area contributed by atoms with Gasteiger partial charge in [-0.15, -0.1) is 0 Å². The van der Waals surface area contributed by atoms with E-state index in [4.69, 9.17) is 4.98 Å². The number of rotatable bonds is 4. The van der Waals surface area contributed by atoms with Gasteiger partial charge in [0.1, 0.15) is 5.39 Å². The lowest BCUT2D eigenvalue weighted by atomic mass is 9.91. The van der Waals surface area contributed by atoms with E-state index in [0.29, 0.717) is 29.9 Å². The van der Waals surface area contributed by atoms with Gasteiger partial charge in [0, 0.05) is 35.7 Å². The molecular weight excluding hydrogens is 454 g/mol. The van der Waals surface area contributed by atoms with Gasteiger partial charge in [-0.2, -0.15) is 4.98 Å². The number of fused-ring (bicyclic) bond motifs is 3. The van der Waals surface area contributed by atoms with Gasteiger partial charge in [-0.1, -0.05) is 26.8 Å². The first kappa shape index (κ1) is 22.5. The second-order valence-corrected chi connectivity index (χ2v) is 10.7. The summed E-state index contributed by atoms with van der Waals surface area (Å²) in [7, 11) is 0. The third-order valence-corrected chi connectivity index (χ3v) is 7.09. The van der Waals surface area contributed by atoms with Crippen molar-refractivity contribution in [2.75, 3.05) is 5.32 Å². The lowest BCUT2D eigenvalue weighted by Gasteiger charge is -2.27. The predicted molar refractivity (Wildman–Crippen MR) is 138 cm³/mol. The van der Waals surface area contributed by atoms with Crippen LogP contribution in [0, 0.1) is 0 Å². The molecule has 9 nitrogen and oxygen atoms in total. The van der Waals surface area contributed by atoms with Gasteiger partial charge in [-0.3, -0.25) is 14.6 Å². The van der Waals surface area contributed by atoms with Crippen molar-refractivity contribution < 1.29 is 4.79 Å². The SMILES string of the molecule is CCn1c(=O)c2cnc(Nc3ccc4c(c3)CC(=O)NC43CC3)nc2n1-c1ccnc(C(C)(C)C)c1. The molecule has 0 saturated heterocycles. The van der Waals surface area contributed by atoms with Crippen molar-refractivity contribution in [3.63, 3.8) is 0 Å². The fourth-order valence-corrected chi connectivity index (χ4v) is 5.08. The highest BCUT2D eigenvalue weighted by atomic mass is 16.2. The van der Waals surface area contributed by atoms with E-state index in [2.05, 4.69) is 47.4 Å². The van der Waals surface area contributed by atoms with E-state index >= 15 is 0 Å². The smallest absolute Gasteiger partial charge is 0.278 e. The van der Waals surface area contributed by atoms with Crippen LogP contribution in [0.25, 0.3) is 16.7 Å². The number of nitrogens with zero attached hydrogens (tertiary/aromatic N) is 5. The second kappa shape index (κ2) is 7.74. The van der Waals surface area contributed by atoms with Crippen molar-refractivity contribution >= 4 is 28.6 Å². The molecule has 1 aliphatic heterocycles. The summed E-state index contributed by atoms with van der Waals surface area (Å²) in [5, 5.41) is 6.87. The predicted octanol–water partition coefficient (Wildman–Crippen LogP) is 3.70. The minimum Gasteiger partial charge on any atom is -0.346 e. The topological polar surface area (TPSA) is 107 Å². The van der Waals surface area contributed by atoms with Crippen molar-refractivity contribution in [1.29, 1.82) is 0 Å². The molecule has 1 fully saturated rings. The van der Waals surface area contributed by atoms with Crippen LogP contribution >= 0.6 is 0 Å². The van der Waals surface area contributed by atoms with Crippen molar-refractivity contribution in [3.05, 3.63) is 69.9 Å². The molecule has 184 valence electrons. The lowest BCUT2D eigenvalue weighted by Crippen LogP contribution is -2.41. The average Bonchev–Trinajstić information content (AvgIpc) is 3.54. The van der Waals surface area contributed by atoms with Crippen molar-refractivity contribution in [1.82, 2.24) is 29.6 Å². The average molecular weight is 484 g/mol. The Bertz CT molecular complexity index is 1590. The number of hydrogen-bond donors (Lipinski definition) is 2. The number of nitrogens with one attached hydrogen (secondary N) is 2. The molecule has 4 aromatic rings. The summed E-state index contributed by atoms with van der Waals surface area (Å²) < 4.78 is 3.51. The molecule has 2 aliphatic rings. The quantitative estimate of drug-likeness (QED) is 0.458. The van der Waals surface area contributed by atoms with Crippen LogP contribution in [0.2, 0.25) is 0 Å². The number of pyridine rings is 1. The molecule has 1 aliphatic carbocycles. The van der Waals surface area contributed by atoms with E-state index in [9.17, 15) is 9.59 Å². The molecule has 36 heavy (non-hydrogen) atoms. The van der Waals surface area contributed by atoms with Crippen LogP contribution in [0.3, 0.4) is 0 Å². The summed E-state index contributed by atoms with van der Waals surface area (Å²) in [5.41, 5.74) is 4.87. The standard InChI is InChI=1S/C27H29N7O2/c1-5-33-24(36)19-15-29-25(31-23(19)34(33)18-8-11-28-21(14-18)26(2,3)4)30-17-6-7-20-16(12-17)13-22(35)32-27(20)9-10-27/h6-8,11-12,14-15H,5,9-10,13H2,1-4H3,(H,32,35)(H,29,30,31). The largest absolute Gasteiger partial charge is 0.346 e. The number of carbonyl (C=O) groups excluding carboxylic acids is 1. The first-order valence-corrected chi connectivity index (χ1v) is 12.4. The van der Waals surface area contributed by atoms with Crippen LogP contribution in [0.1, 0.15) is 57.4 Å². The third kappa shape index (κ3) is 3.57. The molecule has 1 spiro atoms. The van der Waals surface area contributed by atoms with Gasteiger partial charge in [0.15, 0.2) is 5.65 Å². The highest BCUT2D eigenvalue weighted by Gasteiger charge is 2.49. The van der Waals surface area contributed by atoms with Crippen LogP contribution in [-0.4, -0.2) is 30.2 Å². The highest BCUT2D eigenvalue weighted by molar-refractivity contribution is 5.84. The molecule has 6 rings (SSSR count). The Labute approximate surface area is 208 Å². The fourth-order valence-electron chi connectivity index (χ4n) is 5.08. The first-order valence-electron chi connectivity index (χ1n) is 12.4. The van der Waals surface area contributed by atoms with Gasteiger partial charge in [-0.25, -0.2) is 14.3 Å². The van der Waals surface area contributed by atoms with E-state index in [1.807, 2.05) is 35.9 Å². The summed E-state index contributed by atoms with van der Waals surface area (Å²) in [6.07, 6.45) is 5.67. The Kier molecular flexibility index (Phi) is 4.83. The van der Waals surface area contributed by atoms with E-state index in [-0.39, 0.29) is 22.4 Å². The monoisotopic (exact) mass is 483 g/mol. The zero-order valence-electron chi connectivity index (χ0n) is 20.9. The molecule has 0 unspecified atom stereocenters. The Morgan fingerprint density at radius 2 is 1.92 bits per heavy atom. The van der Waals surface area contributed by atoms with Crippen molar-refractivity contribution in [3.8, 4) is 5.69 Å². The van der Waals surface area contributed by atoms with Gasteiger partial charge in [0.25, 0.3) is 5.56 Å². The van der Waals surface area contributed by atoms with Gasteiger partial charge in [-0.05, 0) is 55.2 Å². The van der Waals surface area contributed by atoms with Crippen LogP contribution in [0.4, 0.5) is 11.6 Å². The Morgan fingerprint density at radius 3 is 2.64 bits per heavy atom. The zero-order chi connectivity index (χ0) is 25.2. The summed E-state index contributed by atoms with van der Waals surface area (Å²) in [5.74, 6) is 0.447. The van der Waals surface area contributed by atoms with Crippen LogP contribution in [0.15, 0.2) is 47.5 Å². The lowest BCUT2D eigenvalue weighted by molar-refractivity contribution is -0.122. The summed E-state index contributed by atoms with van der Waals surface area (Å²) in [4.78, 5) is 39.1. The normalized spacial score (nSPS) is 16.2. The second-order valence-electron chi connectivity index (χ2n) is 10.7. The molecule has 1 saturated carbocycles. The van der Waals surface area contributed by atoms with Gasteiger partial charge in [0.05, 0.1) is 17.6 Å². The van der Waals surface area contributed by atoms with Gasteiger partial charge < -0.3 is 10.6 Å². The molecule has 3 aromatic heterocycles. The molecule has 9 heteroatoms. The Balaban J connectivity index is 1.42. The molecule has 1 amide bonds. The van der Waals surface area contributed by atoms with Crippen LogP contribution < -0.4 is 16.2 Å². The van der Waals surface area contributed by atoms with Gasteiger partial charge >= 0.3 is 0 Å². The zero-order valence-corrected chi connectivity index (χ0v) is 20.9. The molecule has 2 N–H and O–H groups in total. The van der Waals surface area contributed by atoms with Crippen molar-refractivity contribution in [2.45, 2.75) is 64.5 Å². The van der Waals surface area contributed by atoms with Crippen molar-refractivity contribution in [2.24, 2.45) is 0 Å². The van der Waals surface area contributed by atoms with Crippen LogP contribution in [-0.2, 0) is 28.7 Å². The number of carbonyl (C=O) groups is 1. The number of aromatic nitrogens is 5. The molecule has 0 radical (unpaired) electrons. The molecule has 1 aromatic carbocycles. The first-order chi connectivity index (χ1) is 17.2. The maximum Gasteiger partial charge on any atom is 0.278 e. The summed E-state index contributed by atoms with van der Waals surface area (Å²) >= 11 is 0.